The van der Waals surface area contributed by atoms with Gasteiger partial charge in [0, 0.05) is 11.4 Å². The molecule has 1 N–H and O–H groups in total. The van der Waals surface area contributed by atoms with Gasteiger partial charge in [0.25, 0.3) is 0 Å². The van der Waals surface area contributed by atoms with Crippen LogP contribution in [0.5, 0.6) is 5.75 Å². The Morgan fingerprint density at radius 3 is 2.60 bits per heavy atom. The average molecular weight is 294 g/mol. The van der Waals surface area contributed by atoms with Crippen LogP contribution in [0.1, 0.15) is 37.0 Å². The lowest BCUT2D eigenvalue weighted by atomic mass is 10.0. The maximum atomic E-state index is 6.37. The maximum Gasteiger partial charge on any atom is 0.125 e. The summed E-state index contributed by atoms with van der Waals surface area (Å²) in [4.78, 5) is 0. The van der Waals surface area contributed by atoms with Gasteiger partial charge in [0.05, 0.1) is 13.2 Å². The van der Waals surface area contributed by atoms with Gasteiger partial charge in [-0.25, -0.2) is 0 Å². The fourth-order valence-corrected chi connectivity index (χ4v) is 2.46. The fraction of sp³-hybridized carbons (Fsp3) is 0.375. The number of rotatable bonds is 6. The van der Waals surface area contributed by atoms with Crippen molar-refractivity contribution >= 4 is 11.6 Å². The van der Waals surface area contributed by atoms with Crippen LogP contribution in [0.3, 0.4) is 0 Å². The molecule has 0 fully saturated rings. The molecule has 0 aliphatic heterocycles. The van der Waals surface area contributed by atoms with Gasteiger partial charge < -0.3 is 14.5 Å². The zero-order chi connectivity index (χ0) is 14.5. The smallest absolute Gasteiger partial charge is 0.125 e. The molecule has 2 rings (SSSR count). The Bertz CT molecular complexity index is 565. The van der Waals surface area contributed by atoms with Crippen molar-refractivity contribution in [1.82, 2.24) is 5.32 Å². The molecule has 1 heterocycles. The molecule has 0 aliphatic carbocycles. The number of methoxy groups -OCH3 is 1. The van der Waals surface area contributed by atoms with Crippen molar-refractivity contribution in [2.45, 2.75) is 26.3 Å². The third-order valence-electron chi connectivity index (χ3n) is 3.24. The number of ether oxygens (including phenoxy) is 1. The Hall–Kier alpha value is -1.45. The van der Waals surface area contributed by atoms with E-state index in [2.05, 4.69) is 19.2 Å². The summed E-state index contributed by atoms with van der Waals surface area (Å²) in [6.07, 6.45) is 0.884. The zero-order valence-corrected chi connectivity index (χ0v) is 12.8. The molecule has 20 heavy (non-hydrogen) atoms. The molecule has 0 saturated carbocycles. The fourth-order valence-electron chi connectivity index (χ4n) is 2.18. The quantitative estimate of drug-likeness (QED) is 0.866. The molecule has 1 atom stereocenters. The number of halogens is 1. The molecule has 0 spiro atoms. The monoisotopic (exact) mass is 293 g/mol. The number of hydrogen-bond donors (Lipinski definition) is 1. The van der Waals surface area contributed by atoms with E-state index in [1.54, 1.807) is 7.11 Å². The lowest BCUT2D eigenvalue weighted by molar-refractivity contribution is 0.412. The van der Waals surface area contributed by atoms with Crippen molar-refractivity contribution in [1.29, 1.82) is 0 Å². The van der Waals surface area contributed by atoms with Crippen molar-refractivity contribution in [3.63, 3.8) is 0 Å². The van der Waals surface area contributed by atoms with Crippen LogP contribution in [0.15, 0.2) is 34.7 Å². The zero-order valence-electron chi connectivity index (χ0n) is 12.1. The minimum atomic E-state index is -0.0429. The lowest BCUT2D eigenvalue weighted by Crippen LogP contribution is -2.21. The largest absolute Gasteiger partial charge is 0.497 e. The van der Waals surface area contributed by atoms with Crippen LogP contribution in [0, 0.1) is 0 Å². The van der Waals surface area contributed by atoms with E-state index in [-0.39, 0.29) is 6.04 Å². The normalized spacial score (nSPS) is 12.4. The van der Waals surface area contributed by atoms with Crippen LogP contribution >= 0.6 is 11.6 Å². The molecule has 3 nitrogen and oxygen atoms in total. The molecule has 0 amide bonds. The summed E-state index contributed by atoms with van der Waals surface area (Å²) in [5, 5.41) is 4.08. The van der Waals surface area contributed by atoms with Crippen LogP contribution < -0.4 is 10.1 Å². The minimum Gasteiger partial charge on any atom is -0.497 e. The van der Waals surface area contributed by atoms with E-state index in [1.165, 1.54) is 0 Å². The van der Waals surface area contributed by atoms with E-state index in [4.69, 9.17) is 20.8 Å². The first-order valence-electron chi connectivity index (χ1n) is 6.85. The molecule has 2 aromatic rings. The number of benzene rings is 1. The van der Waals surface area contributed by atoms with Gasteiger partial charge in [-0.05, 0) is 36.4 Å². The minimum absolute atomic E-state index is 0.0429. The van der Waals surface area contributed by atoms with Gasteiger partial charge in [0.2, 0.25) is 0 Å². The Balaban J connectivity index is 2.37. The van der Waals surface area contributed by atoms with Crippen LogP contribution in [0.25, 0.3) is 0 Å². The summed E-state index contributed by atoms with van der Waals surface area (Å²) in [5.74, 6) is 2.62. The molecule has 0 radical (unpaired) electrons. The molecule has 0 saturated heterocycles. The Kier molecular flexibility index (Phi) is 5.10. The third kappa shape index (κ3) is 3.17. The highest BCUT2D eigenvalue weighted by Crippen LogP contribution is 2.32. The molecular weight excluding hydrogens is 274 g/mol. The van der Waals surface area contributed by atoms with Crippen molar-refractivity contribution in [3.05, 3.63) is 52.4 Å². The van der Waals surface area contributed by atoms with E-state index >= 15 is 0 Å². The summed E-state index contributed by atoms with van der Waals surface area (Å²) in [7, 11) is 1.63. The van der Waals surface area contributed by atoms with Crippen molar-refractivity contribution < 1.29 is 9.15 Å². The predicted molar refractivity (Wildman–Crippen MR) is 81.6 cm³/mol. The predicted octanol–water partition coefficient (Wildman–Crippen LogP) is 4.20. The van der Waals surface area contributed by atoms with Crippen molar-refractivity contribution in [2.24, 2.45) is 0 Å². The van der Waals surface area contributed by atoms with E-state index < -0.39 is 0 Å². The highest BCUT2D eigenvalue weighted by atomic mass is 35.5. The number of aryl methyl sites for hydroxylation is 1. The van der Waals surface area contributed by atoms with Gasteiger partial charge in [-0.1, -0.05) is 31.5 Å². The Labute approximate surface area is 124 Å². The van der Waals surface area contributed by atoms with Gasteiger partial charge >= 0.3 is 0 Å². The molecule has 1 unspecified atom stereocenters. The van der Waals surface area contributed by atoms with E-state index in [9.17, 15) is 0 Å². The summed E-state index contributed by atoms with van der Waals surface area (Å²) in [5.41, 5.74) is 0.992. The van der Waals surface area contributed by atoms with E-state index in [0.717, 1.165) is 35.8 Å². The van der Waals surface area contributed by atoms with E-state index in [0.29, 0.717) is 5.02 Å². The second kappa shape index (κ2) is 6.82. The van der Waals surface area contributed by atoms with Gasteiger partial charge in [-0.3, -0.25) is 0 Å². The molecular formula is C16H20ClNO2. The van der Waals surface area contributed by atoms with Crippen molar-refractivity contribution in [3.8, 4) is 5.75 Å². The molecule has 1 aromatic heterocycles. The summed E-state index contributed by atoms with van der Waals surface area (Å²) >= 11 is 6.37. The number of nitrogens with one attached hydrogen (secondary N) is 1. The highest BCUT2D eigenvalue weighted by molar-refractivity contribution is 6.31. The van der Waals surface area contributed by atoms with Crippen molar-refractivity contribution in [2.75, 3.05) is 13.7 Å². The first kappa shape index (κ1) is 14.9. The SMILES string of the molecule is CCNC(c1ccc(CC)o1)c1ccc(OC)cc1Cl. The van der Waals surface area contributed by atoms with Gasteiger partial charge in [-0.2, -0.15) is 0 Å². The summed E-state index contributed by atoms with van der Waals surface area (Å²) in [6, 6.07) is 9.69. The molecule has 4 heteroatoms. The maximum absolute atomic E-state index is 6.37. The van der Waals surface area contributed by atoms with E-state index in [1.807, 2.05) is 30.3 Å². The second-order valence-electron chi connectivity index (χ2n) is 4.54. The van der Waals surface area contributed by atoms with Gasteiger partial charge in [-0.15, -0.1) is 0 Å². The summed E-state index contributed by atoms with van der Waals surface area (Å²) < 4.78 is 11.0. The first-order valence-corrected chi connectivity index (χ1v) is 7.22. The number of furan rings is 1. The number of hydrogen-bond acceptors (Lipinski definition) is 3. The molecule has 1 aromatic carbocycles. The molecule has 0 aliphatic rings. The molecule has 0 bridgehead atoms. The highest BCUT2D eigenvalue weighted by Gasteiger charge is 2.19. The van der Waals surface area contributed by atoms with Gasteiger partial charge in [0.1, 0.15) is 17.3 Å². The standard InChI is InChI=1S/C16H20ClNO2/c1-4-11-7-9-15(20-11)16(18-5-2)13-8-6-12(19-3)10-14(13)17/h6-10,16,18H,4-5H2,1-3H3. The van der Waals surface area contributed by atoms with Crippen LogP contribution in [0.4, 0.5) is 0 Å². The second-order valence-corrected chi connectivity index (χ2v) is 4.94. The Morgan fingerprint density at radius 1 is 1.25 bits per heavy atom. The topological polar surface area (TPSA) is 34.4 Å². The average Bonchev–Trinajstić information content (AvgIpc) is 2.94. The van der Waals surface area contributed by atoms with Crippen LogP contribution in [-0.4, -0.2) is 13.7 Å². The third-order valence-corrected chi connectivity index (χ3v) is 3.57. The van der Waals surface area contributed by atoms with Gasteiger partial charge in [0.15, 0.2) is 0 Å². The van der Waals surface area contributed by atoms with Crippen LogP contribution in [-0.2, 0) is 6.42 Å². The first-order chi connectivity index (χ1) is 9.69. The Morgan fingerprint density at radius 2 is 2.05 bits per heavy atom. The summed E-state index contributed by atoms with van der Waals surface area (Å²) in [6.45, 7) is 4.97. The molecule has 108 valence electrons. The van der Waals surface area contributed by atoms with Crippen LogP contribution in [0.2, 0.25) is 5.02 Å². The lowest BCUT2D eigenvalue weighted by Gasteiger charge is -2.18.